The van der Waals surface area contributed by atoms with E-state index in [9.17, 15) is 0 Å². The molecule has 0 aliphatic carbocycles. The zero-order valence-electron chi connectivity index (χ0n) is 12.6. The first-order valence-electron chi connectivity index (χ1n) is 7.21. The highest BCUT2D eigenvalue weighted by Crippen LogP contribution is 2.17. The lowest BCUT2D eigenvalue weighted by Gasteiger charge is -2.08. The van der Waals surface area contributed by atoms with Crippen LogP contribution in [-0.2, 0) is 6.54 Å². The van der Waals surface area contributed by atoms with Crippen LogP contribution in [-0.4, -0.2) is 15.2 Å². The van der Waals surface area contributed by atoms with E-state index in [1.807, 2.05) is 55.5 Å². The molecule has 0 bridgehead atoms. The van der Waals surface area contributed by atoms with Gasteiger partial charge in [-0.1, -0.05) is 47.5 Å². The highest BCUT2D eigenvalue weighted by atomic mass is 35.5. The van der Waals surface area contributed by atoms with Gasteiger partial charge in [0.2, 0.25) is 5.95 Å². The molecule has 0 radical (unpaired) electrons. The lowest BCUT2D eigenvalue weighted by molar-refractivity contribution is 0.949. The first kappa shape index (κ1) is 15.2. The van der Waals surface area contributed by atoms with E-state index in [1.165, 1.54) is 5.56 Å². The Balaban J connectivity index is 1.67. The number of aryl methyl sites for hydroxylation is 1. The van der Waals surface area contributed by atoms with Crippen molar-refractivity contribution in [2.75, 3.05) is 10.6 Å². The van der Waals surface area contributed by atoms with Crippen LogP contribution in [0, 0.1) is 6.92 Å². The summed E-state index contributed by atoms with van der Waals surface area (Å²) < 4.78 is 0. The van der Waals surface area contributed by atoms with Crippen LogP contribution in [0.15, 0.2) is 54.7 Å². The van der Waals surface area contributed by atoms with Crippen LogP contribution in [0.5, 0.6) is 0 Å². The van der Waals surface area contributed by atoms with Crippen LogP contribution in [0.2, 0.25) is 5.02 Å². The minimum atomic E-state index is 0.446. The van der Waals surface area contributed by atoms with Crippen LogP contribution in [0.4, 0.5) is 17.5 Å². The predicted molar refractivity (Wildman–Crippen MR) is 93.1 cm³/mol. The van der Waals surface area contributed by atoms with E-state index in [-0.39, 0.29) is 0 Å². The van der Waals surface area contributed by atoms with Gasteiger partial charge in [0.15, 0.2) is 5.82 Å². The van der Waals surface area contributed by atoms with Crippen molar-refractivity contribution in [3.05, 3.63) is 70.9 Å². The number of benzene rings is 2. The third-order valence-corrected chi connectivity index (χ3v) is 3.65. The van der Waals surface area contributed by atoms with Crippen molar-refractivity contribution in [2.45, 2.75) is 13.5 Å². The lowest BCUT2D eigenvalue weighted by atomic mass is 10.2. The van der Waals surface area contributed by atoms with Gasteiger partial charge < -0.3 is 10.6 Å². The largest absolute Gasteiger partial charge is 0.349 e. The summed E-state index contributed by atoms with van der Waals surface area (Å²) in [6, 6.07) is 15.7. The lowest BCUT2D eigenvalue weighted by Crippen LogP contribution is -2.06. The molecule has 6 heteroatoms. The molecule has 0 amide bonds. The molecule has 3 aromatic rings. The Morgan fingerprint density at radius 1 is 1.04 bits per heavy atom. The summed E-state index contributed by atoms with van der Waals surface area (Å²) in [5.74, 6) is 1.08. The zero-order chi connectivity index (χ0) is 16.1. The zero-order valence-corrected chi connectivity index (χ0v) is 13.4. The molecule has 0 atom stereocenters. The van der Waals surface area contributed by atoms with Gasteiger partial charge in [0.1, 0.15) is 0 Å². The molecule has 0 saturated carbocycles. The van der Waals surface area contributed by atoms with Crippen molar-refractivity contribution in [1.29, 1.82) is 0 Å². The summed E-state index contributed by atoms with van der Waals surface area (Å²) >= 11 is 6.13. The van der Waals surface area contributed by atoms with Gasteiger partial charge in [-0.15, -0.1) is 5.10 Å². The Kier molecular flexibility index (Phi) is 4.68. The molecule has 1 heterocycles. The summed E-state index contributed by atoms with van der Waals surface area (Å²) in [5, 5.41) is 15.0. The molecular formula is C17H16ClN5. The highest BCUT2D eigenvalue weighted by Gasteiger charge is 2.03. The van der Waals surface area contributed by atoms with E-state index in [0.717, 1.165) is 11.3 Å². The molecule has 3 rings (SSSR count). The fraction of sp³-hybridized carbons (Fsp3) is 0.118. The first-order chi connectivity index (χ1) is 11.2. The molecule has 0 aliphatic rings. The molecule has 0 saturated heterocycles. The first-order valence-corrected chi connectivity index (χ1v) is 7.59. The van der Waals surface area contributed by atoms with Crippen molar-refractivity contribution < 1.29 is 0 Å². The number of nitrogens with one attached hydrogen (secondary N) is 2. The Hall–Kier alpha value is -2.66. The average molecular weight is 326 g/mol. The van der Waals surface area contributed by atoms with Gasteiger partial charge in [0.05, 0.1) is 6.20 Å². The smallest absolute Gasteiger partial charge is 0.244 e. The maximum atomic E-state index is 6.13. The normalized spacial score (nSPS) is 10.3. The van der Waals surface area contributed by atoms with Crippen LogP contribution < -0.4 is 10.6 Å². The Morgan fingerprint density at radius 3 is 2.61 bits per heavy atom. The van der Waals surface area contributed by atoms with Gasteiger partial charge in [0.25, 0.3) is 0 Å². The number of rotatable bonds is 5. The summed E-state index contributed by atoms with van der Waals surface area (Å²) in [6.07, 6.45) is 1.58. The van der Waals surface area contributed by atoms with E-state index in [4.69, 9.17) is 11.6 Å². The second kappa shape index (κ2) is 7.07. The minimum Gasteiger partial charge on any atom is -0.349 e. The van der Waals surface area contributed by atoms with Gasteiger partial charge >= 0.3 is 0 Å². The fourth-order valence-electron chi connectivity index (χ4n) is 2.04. The van der Waals surface area contributed by atoms with Crippen molar-refractivity contribution >= 4 is 29.1 Å². The van der Waals surface area contributed by atoms with E-state index in [2.05, 4.69) is 25.8 Å². The van der Waals surface area contributed by atoms with Crippen LogP contribution in [0.25, 0.3) is 0 Å². The Morgan fingerprint density at radius 2 is 1.83 bits per heavy atom. The quantitative estimate of drug-likeness (QED) is 0.736. The van der Waals surface area contributed by atoms with Crippen LogP contribution >= 0.6 is 11.6 Å². The molecule has 2 aromatic carbocycles. The van der Waals surface area contributed by atoms with Crippen LogP contribution in [0.3, 0.4) is 0 Å². The van der Waals surface area contributed by atoms with Gasteiger partial charge in [-0.3, -0.25) is 0 Å². The maximum absolute atomic E-state index is 6.13. The van der Waals surface area contributed by atoms with Gasteiger partial charge in [-0.05, 0) is 30.7 Å². The number of hydrogen-bond donors (Lipinski definition) is 2. The fourth-order valence-corrected chi connectivity index (χ4v) is 2.24. The van der Waals surface area contributed by atoms with Gasteiger partial charge in [-0.2, -0.15) is 10.1 Å². The molecule has 23 heavy (non-hydrogen) atoms. The van der Waals surface area contributed by atoms with E-state index < -0.39 is 0 Å². The van der Waals surface area contributed by atoms with Crippen molar-refractivity contribution in [2.24, 2.45) is 0 Å². The van der Waals surface area contributed by atoms with Crippen molar-refractivity contribution in [1.82, 2.24) is 15.2 Å². The second-order valence-corrected chi connectivity index (χ2v) is 5.51. The molecule has 0 fully saturated rings. The summed E-state index contributed by atoms with van der Waals surface area (Å²) in [5.41, 5.74) is 3.14. The Labute approximate surface area is 139 Å². The number of anilines is 3. The van der Waals surface area contributed by atoms with E-state index >= 15 is 0 Å². The number of aromatic nitrogens is 3. The molecule has 5 nitrogen and oxygen atoms in total. The molecule has 0 aliphatic heterocycles. The number of hydrogen-bond acceptors (Lipinski definition) is 5. The molecular weight excluding hydrogens is 310 g/mol. The third-order valence-electron chi connectivity index (χ3n) is 3.28. The minimum absolute atomic E-state index is 0.446. The monoisotopic (exact) mass is 325 g/mol. The summed E-state index contributed by atoms with van der Waals surface area (Å²) in [4.78, 5) is 4.40. The van der Waals surface area contributed by atoms with E-state index in [0.29, 0.717) is 23.3 Å². The van der Waals surface area contributed by atoms with Crippen molar-refractivity contribution in [3.63, 3.8) is 0 Å². The maximum Gasteiger partial charge on any atom is 0.244 e. The molecule has 2 N–H and O–H groups in total. The standard InChI is InChI=1S/C17H16ClN5/c1-12-6-8-14(9-7-12)21-16-11-20-23-17(22-16)19-10-13-4-2-3-5-15(13)18/h2-9,11H,10H2,1H3,(H2,19,21,22,23). The van der Waals surface area contributed by atoms with Gasteiger partial charge in [-0.25, -0.2) is 0 Å². The predicted octanol–water partition coefficient (Wildman–Crippen LogP) is 4.19. The van der Waals surface area contributed by atoms with Crippen LogP contribution in [0.1, 0.15) is 11.1 Å². The molecule has 116 valence electrons. The second-order valence-electron chi connectivity index (χ2n) is 5.10. The average Bonchev–Trinajstić information content (AvgIpc) is 2.57. The highest BCUT2D eigenvalue weighted by molar-refractivity contribution is 6.31. The summed E-state index contributed by atoms with van der Waals surface area (Å²) in [6.45, 7) is 2.59. The third kappa shape index (κ3) is 4.17. The molecule has 0 unspecified atom stereocenters. The number of nitrogens with zero attached hydrogens (tertiary/aromatic N) is 3. The van der Waals surface area contributed by atoms with Crippen molar-refractivity contribution in [3.8, 4) is 0 Å². The molecule has 1 aromatic heterocycles. The summed E-state index contributed by atoms with van der Waals surface area (Å²) in [7, 11) is 0. The molecule has 0 spiro atoms. The SMILES string of the molecule is Cc1ccc(Nc2cnnc(NCc3ccccc3Cl)n2)cc1. The Bertz CT molecular complexity index is 789. The number of halogens is 1. The topological polar surface area (TPSA) is 62.7 Å². The van der Waals surface area contributed by atoms with E-state index in [1.54, 1.807) is 6.20 Å². The van der Waals surface area contributed by atoms with Gasteiger partial charge in [0, 0.05) is 17.3 Å².